The van der Waals surface area contributed by atoms with Gasteiger partial charge in [-0.05, 0) is 24.3 Å². The lowest BCUT2D eigenvalue weighted by atomic mass is 10.0. The van der Waals surface area contributed by atoms with Gasteiger partial charge in [0.05, 0.1) is 29.6 Å². The fourth-order valence-electron chi connectivity index (χ4n) is 3.20. The van der Waals surface area contributed by atoms with Crippen molar-refractivity contribution >= 4 is 16.8 Å². The lowest BCUT2D eigenvalue weighted by Crippen LogP contribution is -2.23. The summed E-state index contributed by atoms with van der Waals surface area (Å²) in [5, 5.41) is 11.5. The summed E-state index contributed by atoms with van der Waals surface area (Å²) in [4.78, 5) is 17.7. The average molecular weight is 396 g/mol. The molecular formula is C23H16N4O3. The van der Waals surface area contributed by atoms with Crippen LogP contribution in [-0.2, 0) is 6.54 Å². The molecule has 0 atom stereocenters. The summed E-state index contributed by atoms with van der Waals surface area (Å²) < 4.78 is 10.8. The molecule has 1 amide bonds. The number of furan rings is 1. The Morgan fingerprint density at radius 1 is 0.933 bits per heavy atom. The van der Waals surface area contributed by atoms with Crippen LogP contribution in [0.25, 0.3) is 33.8 Å². The van der Waals surface area contributed by atoms with Gasteiger partial charge in [0.2, 0.25) is 5.89 Å². The normalized spacial score (nSPS) is 10.9. The number of hydrogen-bond acceptors (Lipinski definition) is 6. The molecule has 0 aliphatic rings. The molecule has 0 aliphatic heterocycles. The van der Waals surface area contributed by atoms with Crippen molar-refractivity contribution in [1.29, 1.82) is 0 Å². The van der Waals surface area contributed by atoms with Crippen LogP contribution in [0.3, 0.4) is 0 Å². The van der Waals surface area contributed by atoms with Gasteiger partial charge in [0.25, 0.3) is 11.8 Å². The standard InChI is InChI=1S/C23H16N4O3/c28-22(24-14-21-26-27-23(30-21)20-11-6-12-29-20)17-13-19(15-7-2-1-3-8-15)25-18-10-5-4-9-16(17)18/h1-13H,14H2,(H,24,28). The van der Waals surface area contributed by atoms with E-state index < -0.39 is 0 Å². The summed E-state index contributed by atoms with van der Waals surface area (Å²) in [7, 11) is 0. The minimum atomic E-state index is -0.247. The van der Waals surface area contributed by atoms with Gasteiger partial charge >= 0.3 is 0 Å². The van der Waals surface area contributed by atoms with Crippen molar-refractivity contribution in [2.45, 2.75) is 6.54 Å². The van der Waals surface area contributed by atoms with Crippen LogP contribution < -0.4 is 5.32 Å². The molecule has 7 heteroatoms. The first-order valence-electron chi connectivity index (χ1n) is 9.37. The van der Waals surface area contributed by atoms with Gasteiger partial charge < -0.3 is 14.2 Å². The summed E-state index contributed by atoms with van der Waals surface area (Å²) in [6.07, 6.45) is 1.53. The predicted octanol–water partition coefficient (Wildman–Crippen LogP) is 4.47. The first kappa shape index (κ1) is 17.8. The van der Waals surface area contributed by atoms with Crippen LogP contribution in [0, 0.1) is 0 Å². The highest BCUT2D eigenvalue weighted by Crippen LogP contribution is 2.25. The van der Waals surface area contributed by atoms with E-state index in [2.05, 4.69) is 15.5 Å². The molecule has 0 saturated heterocycles. The summed E-state index contributed by atoms with van der Waals surface area (Å²) in [5.74, 6) is 0.789. The first-order valence-corrected chi connectivity index (χ1v) is 9.37. The van der Waals surface area contributed by atoms with Crippen LogP contribution >= 0.6 is 0 Å². The average Bonchev–Trinajstić information content (AvgIpc) is 3.49. The number of benzene rings is 2. The number of nitrogens with one attached hydrogen (secondary N) is 1. The van der Waals surface area contributed by atoms with Crippen LogP contribution in [0.15, 0.2) is 87.9 Å². The van der Waals surface area contributed by atoms with Crippen LogP contribution in [0.4, 0.5) is 0 Å². The largest absolute Gasteiger partial charge is 0.459 e. The van der Waals surface area contributed by atoms with Crippen molar-refractivity contribution in [3.05, 3.63) is 90.5 Å². The van der Waals surface area contributed by atoms with Crippen molar-refractivity contribution < 1.29 is 13.6 Å². The predicted molar refractivity (Wildman–Crippen MR) is 110 cm³/mol. The number of fused-ring (bicyclic) bond motifs is 1. The van der Waals surface area contributed by atoms with Gasteiger partial charge in [-0.3, -0.25) is 4.79 Å². The molecule has 5 aromatic rings. The summed E-state index contributed by atoms with van der Waals surface area (Å²) in [6, 6.07) is 22.6. The van der Waals surface area contributed by atoms with Crippen molar-refractivity contribution in [2.24, 2.45) is 0 Å². The molecule has 1 N–H and O–H groups in total. The smallest absolute Gasteiger partial charge is 0.283 e. The molecule has 30 heavy (non-hydrogen) atoms. The Hall–Kier alpha value is -4.26. The van der Waals surface area contributed by atoms with Crippen LogP contribution in [0.5, 0.6) is 0 Å². The molecular weight excluding hydrogens is 380 g/mol. The fourth-order valence-corrected chi connectivity index (χ4v) is 3.20. The molecule has 2 aromatic carbocycles. The molecule has 0 saturated carbocycles. The second kappa shape index (κ2) is 7.63. The molecule has 7 nitrogen and oxygen atoms in total. The fraction of sp³-hybridized carbons (Fsp3) is 0.0435. The SMILES string of the molecule is O=C(NCc1nnc(-c2ccco2)o1)c1cc(-c2ccccc2)nc2ccccc12. The van der Waals surface area contributed by atoms with E-state index >= 15 is 0 Å². The van der Waals surface area contributed by atoms with E-state index in [0.29, 0.717) is 11.3 Å². The second-order valence-electron chi connectivity index (χ2n) is 6.60. The molecule has 146 valence electrons. The highest BCUT2D eigenvalue weighted by atomic mass is 16.4. The molecule has 0 bridgehead atoms. The van der Waals surface area contributed by atoms with Crippen LogP contribution in [-0.4, -0.2) is 21.1 Å². The number of para-hydroxylation sites is 1. The molecule has 0 aliphatic carbocycles. The van der Waals surface area contributed by atoms with Crippen LogP contribution in [0.1, 0.15) is 16.2 Å². The number of carbonyl (C=O) groups is 1. The van der Waals surface area contributed by atoms with Crippen molar-refractivity contribution in [1.82, 2.24) is 20.5 Å². The topological polar surface area (TPSA) is 94.1 Å². The Kier molecular flexibility index (Phi) is 4.53. The summed E-state index contributed by atoms with van der Waals surface area (Å²) >= 11 is 0. The maximum atomic E-state index is 13.0. The highest BCUT2D eigenvalue weighted by Gasteiger charge is 2.16. The third-order valence-electron chi connectivity index (χ3n) is 4.63. The molecule has 3 heterocycles. The monoisotopic (exact) mass is 396 g/mol. The minimum absolute atomic E-state index is 0.101. The lowest BCUT2D eigenvalue weighted by Gasteiger charge is -2.10. The van der Waals surface area contributed by atoms with Gasteiger partial charge in [0.1, 0.15) is 0 Å². The van der Waals surface area contributed by atoms with E-state index in [-0.39, 0.29) is 24.2 Å². The zero-order valence-corrected chi connectivity index (χ0v) is 15.8. The Balaban J connectivity index is 1.43. The Morgan fingerprint density at radius 2 is 1.77 bits per heavy atom. The van der Waals surface area contributed by atoms with E-state index in [9.17, 15) is 4.79 Å². The third-order valence-corrected chi connectivity index (χ3v) is 4.63. The maximum Gasteiger partial charge on any atom is 0.283 e. The quantitative estimate of drug-likeness (QED) is 0.471. The molecule has 0 radical (unpaired) electrons. The van der Waals surface area contributed by atoms with E-state index in [1.165, 1.54) is 6.26 Å². The summed E-state index contributed by atoms with van der Waals surface area (Å²) in [5.41, 5.74) is 2.96. The molecule has 5 rings (SSSR count). The zero-order valence-electron chi connectivity index (χ0n) is 15.8. The third kappa shape index (κ3) is 3.44. The van der Waals surface area contributed by atoms with Gasteiger partial charge in [-0.15, -0.1) is 10.2 Å². The Morgan fingerprint density at radius 3 is 2.60 bits per heavy atom. The van der Waals surface area contributed by atoms with E-state index in [1.807, 2.05) is 54.6 Å². The number of aromatic nitrogens is 3. The van der Waals surface area contributed by atoms with Crippen molar-refractivity contribution in [2.75, 3.05) is 0 Å². The lowest BCUT2D eigenvalue weighted by molar-refractivity contribution is 0.0949. The Bertz CT molecular complexity index is 1310. The Labute approximate surface area is 171 Å². The molecule has 0 unspecified atom stereocenters. The molecule has 3 aromatic heterocycles. The van der Waals surface area contributed by atoms with Crippen LogP contribution in [0.2, 0.25) is 0 Å². The van der Waals surface area contributed by atoms with Gasteiger partial charge in [-0.2, -0.15) is 0 Å². The van der Waals surface area contributed by atoms with Crippen molar-refractivity contribution in [3.63, 3.8) is 0 Å². The minimum Gasteiger partial charge on any atom is -0.459 e. The number of amides is 1. The molecule has 0 fully saturated rings. The second-order valence-corrected chi connectivity index (χ2v) is 6.60. The number of nitrogens with zero attached hydrogens (tertiary/aromatic N) is 3. The molecule has 0 spiro atoms. The highest BCUT2D eigenvalue weighted by molar-refractivity contribution is 6.07. The number of rotatable bonds is 5. The maximum absolute atomic E-state index is 13.0. The number of carbonyl (C=O) groups excluding carboxylic acids is 1. The van der Waals surface area contributed by atoms with Crippen molar-refractivity contribution in [3.8, 4) is 22.9 Å². The number of hydrogen-bond donors (Lipinski definition) is 1. The van der Waals surface area contributed by atoms with Gasteiger partial charge in [0, 0.05) is 10.9 Å². The van der Waals surface area contributed by atoms with Gasteiger partial charge in [0.15, 0.2) is 5.76 Å². The first-order chi connectivity index (χ1) is 14.8. The van der Waals surface area contributed by atoms with E-state index in [4.69, 9.17) is 13.8 Å². The number of pyridine rings is 1. The zero-order chi connectivity index (χ0) is 20.3. The van der Waals surface area contributed by atoms with Gasteiger partial charge in [-0.1, -0.05) is 48.5 Å². The van der Waals surface area contributed by atoms with E-state index in [1.54, 1.807) is 18.2 Å². The van der Waals surface area contributed by atoms with Gasteiger partial charge in [-0.25, -0.2) is 4.98 Å². The summed E-state index contributed by atoms with van der Waals surface area (Å²) in [6.45, 7) is 0.101. The van der Waals surface area contributed by atoms with E-state index in [0.717, 1.165) is 22.2 Å².